The zero-order chi connectivity index (χ0) is 18.1. The summed E-state index contributed by atoms with van der Waals surface area (Å²) in [5.74, 6) is 0.784. The van der Waals surface area contributed by atoms with Gasteiger partial charge in [0, 0.05) is 38.6 Å². The van der Waals surface area contributed by atoms with Crippen molar-refractivity contribution in [2.75, 3.05) is 6.54 Å². The number of nitrogens with two attached hydrogens (primary N) is 1. The molecule has 3 heterocycles. The SMILES string of the molecule is Cn1nccc1-c1cc2c(cn1)C(=O)N([C@H](CN)CC1CCCCC1)C2. The first-order chi connectivity index (χ1) is 12.7. The molecule has 138 valence electrons. The molecule has 0 radical (unpaired) electrons. The Morgan fingerprint density at radius 1 is 1.31 bits per heavy atom. The normalized spacial score (nSPS) is 19.0. The topological polar surface area (TPSA) is 77.0 Å². The predicted molar refractivity (Wildman–Crippen MR) is 100 cm³/mol. The Hall–Kier alpha value is -2.21. The van der Waals surface area contributed by atoms with Crippen LogP contribution < -0.4 is 5.73 Å². The van der Waals surface area contributed by atoms with E-state index in [-0.39, 0.29) is 11.9 Å². The zero-order valence-corrected chi connectivity index (χ0v) is 15.4. The summed E-state index contributed by atoms with van der Waals surface area (Å²) in [7, 11) is 1.90. The number of aromatic nitrogens is 3. The molecule has 1 saturated carbocycles. The first-order valence-corrected chi connectivity index (χ1v) is 9.65. The van der Waals surface area contributed by atoms with Crippen LogP contribution in [0.15, 0.2) is 24.5 Å². The van der Waals surface area contributed by atoms with Crippen LogP contribution in [0.4, 0.5) is 0 Å². The van der Waals surface area contributed by atoms with Gasteiger partial charge in [-0.15, -0.1) is 0 Å². The lowest BCUT2D eigenvalue weighted by Gasteiger charge is -2.31. The number of amides is 1. The van der Waals surface area contributed by atoms with Crippen LogP contribution in [0.2, 0.25) is 0 Å². The van der Waals surface area contributed by atoms with Crippen LogP contribution in [0.5, 0.6) is 0 Å². The molecule has 2 N–H and O–H groups in total. The Bertz CT molecular complexity index is 793. The third-order valence-electron chi connectivity index (χ3n) is 5.95. The number of hydrogen-bond donors (Lipinski definition) is 1. The smallest absolute Gasteiger partial charge is 0.256 e. The molecule has 0 unspecified atom stereocenters. The van der Waals surface area contributed by atoms with Gasteiger partial charge in [-0.25, -0.2) is 0 Å². The number of carbonyl (C=O) groups excluding carboxylic acids is 1. The molecule has 1 atom stereocenters. The first kappa shape index (κ1) is 17.2. The summed E-state index contributed by atoms with van der Waals surface area (Å²) in [5, 5.41) is 4.21. The van der Waals surface area contributed by atoms with Crippen molar-refractivity contribution in [2.45, 2.75) is 51.1 Å². The lowest BCUT2D eigenvalue weighted by atomic mass is 9.84. The molecule has 26 heavy (non-hydrogen) atoms. The van der Waals surface area contributed by atoms with E-state index in [9.17, 15) is 4.79 Å². The maximum absolute atomic E-state index is 12.9. The van der Waals surface area contributed by atoms with E-state index in [1.165, 1.54) is 32.1 Å². The van der Waals surface area contributed by atoms with E-state index < -0.39 is 0 Å². The maximum Gasteiger partial charge on any atom is 0.256 e. The Morgan fingerprint density at radius 2 is 2.12 bits per heavy atom. The quantitative estimate of drug-likeness (QED) is 0.897. The Kier molecular flexibility index (Phi) is 4.76. The van der Waals surface area contributed by atoms with Crippen molar-refractivity contribution in [1.82, 2.24) is 19.7 Å². The molecular formula is C20H27N5O. The van der Waals surface area contributed by atoms with Crippen molar-refractivity contribution in [3.8, 4) is 11.4 Å². The fraction of sp³-hybridized carbons (Fsp3) is 0.550. The van der Waals surface area contributed by atoms with Gasteiger partial charge in [-0.05, 0) is 30.0 Å². The molecule has 2 aromatic rings. The van der Waals surface area contributed by atoms with Crippen molar-refractivity contribution < 1.29 is 4.79 Å². The van der Waals surface area contributed by atoms with Gasteiger partial charge in [0.05, 0.1) is 17.0 Å². The third-order valence-corrected chi connectivity index (χ3v) is 5.95. The average molecular weight is 353 g/mol. The van der Waals surface area contributed by atoms with Gasteiger partial charge in [-0.1, -0.05) is 32.1 Å². The van der Waals surface area contributed by atoms with Gasteiger partial charge in [0.1, 0.15) is 0 Å². The van der Waals surface area contributed by atoms with Crippen LogP contribution in [0, 0.1) is 5.92 Å². The highest BCUT2D eigenvalue weighted by molar-refractivity contribution is 5.98. The minimum atomic E-state index is 0.0790. The molecule has 6 nitrogen and oxygen atoms in total. The van der Waals surface area contributed by atoms with E-state index in [0.717, 1.165) is 28.9 Å². The fourth-order valence-electron chi connectivity index (χ4n) is 4.45. The summed E-state index contributed by atoms with van der Waals surface area (Å²) in [6.07, 6.45) is 11.0. The predicted octanol–water partition coefficient (Wildman–Crippen LogP) is 2.74. The second kappa shape index (κ2) is 7.19. The molecule has 2 aromatic heterocycles. The average Bonchev–Trinajstić information content (AvgIpc) is 3.24. The second-order valence-electron chi connectivity index (χ2n) is 7.63. The van der Waals surface area contributed by atoms with E-state index in [4.69, 9.17) is 5.73 Å². The molecule has 1 fully saturated rings. The Morgan fingerprint density at radius 3 is 2.81 bits per heavy atom. The summed E-state index contributed by atoms with van der Waals surface area (Å²) < 4.78 is 1.80. The van der Waals surface area contributed by atoms with Crippen LogP contribution in [0.1, 0.15) is 54.4 Å². The van der Waals surface area contributed by atoms with Gasteiger partial charge in [0.15, 0.2) is 0 Å². The highest BCUT2D eigenvalue weighted by atomic mass is 16.2. The van der Waals surface area contributed by atoms with Crippen LogP contribution in [0.25, 0.3) is 11.4 Å². The number of fused-ring (bicyclic) bond motifs is 1. The molecule has 6 heteroatoms. The molecular weight excluding hydrogens is 326 g/mol. The van der Waals surface area contributed by atoms with Gasteiger partial charge in [-0.3, -0.25) is 14.5 Å². The van der Waals surface area contributed by atoms with E-state index in [2.05, 4.69) is 10.1 Å². The molecule has 2 aliphatic rings. The summed E-state index contributed by atoms with van der Waals surface area (Å²) in [6, 6.07) is 4.09. The van der Waals surface area contributed by atoms with Crippen molar-refractivity contribution in [2.24, 2.45) is 18.7 Å². The highest BCUT2D eigenvalue weighted by Crippen LogP contribution is 2.32. The van der Waals surface area contributed by atoms with Crippen molar-refractivity contribution >= 4 is 5.91 Å². The summed E-state index contributed by atoms with van der Waals surface area (Å²) in [6.45, 7) is 1.16. The number of rotatable bonds is 5. The number of hydrogen-bond acceptors (Lipinski definition) is 4. The summed E-state index contributed by atoms with van der Waals surface area (Å²) >= 11 is 0. The highest BCUT2D eigenvalue weighted by Gasteiger charge is 2.34. The van der Waals surface area contributed by atoms with Crippen molar-refractivity contribution in [1.29, 1.82) is 0 Å². The van der Waals surface area contributed by atoms with Crippen LogP contribution >= 0.6 is 0 Å². The molecule has 1 aliphatic carbocycles. The Balaban J connectivity index is 1.53. The minimum absolute atomic E-state index is 0.0790. The van der Waals surface area contributed by atoms with Crippen molar-refractivity contribution in [3.63, 3.8) is 0 Å². The Labute approximate surface area is 154 Å². The first-order valence-electron chi connectivity index (χ1n) is 9.65. The second-order valence-corrected chi connectivity index (χ2v) is 7.63. The maximum atomic E-state index is 12.9. The number of carbonyl (C=O) groups is 1. The molecule has 0 spiro atoms. The largest absolute Gasteiger partial charge is 0.330 e. The van der Waals surface area contributed by atoms with E-state index in [1.54, 1.807) is 17.1 Å². The third kappa shape index (κ3) is 3.14. The molecule has 0 bridgehead atoms. The standard InChI is InChI=1S/C20H27N5O/c1-24-19(7-8-23-24)18-10-15-13-25(20(26)17(15)12-22-18)16(11-21)9-14-5-3-2-4-6-14/h7-8,10,12,14,16H,2-6,9,11,13,21H2,1H3/t16-/m0/s1. The molecule has 4 rings (SSSR count). The summed E-state index contributed by atoms with van der Waals surface area (Å²) in [5.41, 5.74) is 9.65. The van der Waals surface area contributed by atoms with Gasteiger partial charge in [0.25, 0.3) is 5.91 Å². The van der Waals surface area contributed by atoms with Crippen LogP contribution in [-0.4, -0.2) is 38.2 Å². The number of aryl methyl sites for hydroxylation is 1. The van der Waals surface area contributed by atoms with Gasteiger partial charge in [0.2, 0.25) is 0 Å². The summed E-state index contributed by atoms with van der Waals surface area (Å²) in [4.78, 5) is 19.4. The monoisotopic (exact) mass is 353 g/mol. The lowest BCUT2D eigenvalue weighted by Crippen LogP contribution is -2.42. The van der Waals surface area contributed by atoms with Gasteiger partial charge >= 0.3 is 0 Å². The number of nitrogens with zero attached hydrogens (tertiary/aromatic N) is 4. The van der Waals surface area contributed by atoms with Crippen LogP contribution in [0.3, 0.4) is 0 Å². The minimum Gasteiger partial charge on any atom is -0.330 e. The molecule has 1 aliphatic heterocycles. The van der Waals surface area contributed by atoms with E-state index in [1.807, 2.05) is 24.1 Å². The van der Waals surface area contributed by atoms with Crippen LogP contribution in [-0.2, 0) is 13.6 Å². The van der Waals surface area contributed by atoms with Gasteiger partial charge < -0.3 is 10.6 Å². The molecule has 0 aromatic carbocycles. The molecule has 0 saturated heterocycles. The zero-order valence-electron chi connectivity index (χ0n) is 15.4. The van der Waals surface area contributed by atoms with Crippen molar-refractivity contribution in [3.05, 3.63) is 35.7 Å². The number of pyridine rings is 1. The lowest BCUT2D eigenvalue weighted by molar-refractivity contribution is 0.0674. The fourth-order valence-corrected chi connectivity index (χ4v) is 4.45. The van der Waals surface area contributed by atoms with E-state index >= 15 is 0 Å². The molecule has 1 amide bonds. The van der Waals surface area contributed by atoms with Gasteiger partial charge in [-0.2, -0.15) is 5.10 Å². The van der Waals surface area contributed by atoms with E-state index in [0.29, 0.717) is 19.0 Å².